The van der Waals surface area contributed by atoms with Crippen LogP contribution in [0, 0.1) is 17.3 Å². The van der Waals surface area contributed by atoms with E-state index < -0.39 is 54.6 Å². The van der Waals surface area contributed by atoms with E-state index in [1.165, 1.54) is 32.1 Å². The predicted octanol–water partition coefficient (Wildman–Crippen LogP) is 3.64. The van der Waals surface area contributed by atoms with E-state index >= 15 is 0 Å². The molecule has 248 valence electrons. The fourth-order valence-electron chi connectivity index (χ4n) is 8.42. The quantitative estimate of drug-likeness (QED) is 0.305. The van der Waals surface area contributed by atoms with Crippen LogP contribution < -0.4 is 9.47 Å². The van der Waals surface area contributed by atoms with Gasteiger partial charge in [0.1, 0.15) is 0 Å². The Bertz CT molecular complexity index is 1310. The van der Waals surface area contributed by atoms with Gasteiger partial charge in [-0.15, -0.1) is 0 Å². The normalized spacial score (nSPS) is 35.1. The van der Waals surface area contributed by atoms with Gasteiger partial charge in [0.2, 0.25) is 0 Å². The number of fused-ring (bicyclic) bond motifs is 5. The molecule has 1 aliphatic heterocycles. The standard InChI is InChI=1S/C33H44O12/c1-16(34)41-27-28(42-17(2)35)30(43-18(3)36)32(45-29(27)31(37)40-7)44-26-11-10-23-21-9-8-19-14-24(38-5)25(39-6)15-22(19)20(21)12-13-33(23,26)4/h14-15,20-21,23,26-30,32H,8-13H2,1-7H3/t20-,21+,23-,26-,27-,28-,29-,30+,32-,33-/m0/s1. The zero-order valence-corrected chi connectivity index (χ0v) is 27.0. The van der Waals surface area contributed by atoms with Crippen LogP contribution in [0.1, 0.15) is 76.8 Å². The van der Waals surface area contributed by atoms with Crippen molar-refractivity contribution in [2.24, 2.45) is 17.3 Å². The summed E-state index contributed by atoms with van der Waals surface area (Å²) in [6.45, 7) is 5.76. The van der Waals surface area contributed by atoms with Crippen LogP contribution in [-0.2, 0) is 54.0 Å². The average Bonchev–Trinajstić information content (AvgIpc) is 3.33. The van der Waals surface area contributed by atoms with E-state index in [0.29, 0.717) is 17.8 Å². The Morgan fingerprint density at radius 1 is 0.800 bits per heavy atom. The molecule has 45 heavy (non-hydrogen) atoms. The number of ether oxygens (including phenoxy) is 8. The van der Waals surface area contributed by atoms with E-state index in [1.807, 2.05) is 0 Å². The number of carbonyl (C=O) groups is 4. The molecule has 3 fully saturated rings. The first-order chi connectivity index (χ1) is 21.4. The number of esters is 4. The summed E-state index contributed by atoms with van der Waals surface area (Å²) >= 11 is 0. The Hall–Kier alpha value is -3.38. The molecule has 5 rings (SSSR count). The number of benzene rings is 1. The summed E-state index contributed by atoms with van der Waals surface area (Å²) in [5.41, 5.74) is 2.39. The van der Waals surface area contributed by atoms with Crippen molar-refractivity contribution in [1.29, 1.82) is 0 Å². The Balaban J connectivity index is 1.43. The van der Waals surface area contributed by atoms with Gasteiger partial charge in [0.25, 0.3) is 0 Å². The maximum absolute atomic E-state index is 12.9. The first-order valence-electron chi connectivity index (χ1n) is 15.6. The maximum Gasteiger partial charge on any atom is 0.339 e. The average molecular weight is 633 g/mol. The minimum absolute atomic E-state index is 0.232. The van der Waals surface area contributed by atoms with Crippen molar-refractivity contribution in [3.63, 3.8) is 0 Å². The molecule has 1 aromatic carbocycles. The molecular formula is C33H44O12. The minimum Gasteiger partial charge on any atom is -0.493 e. The van der Waals surface area contributed by atoms with Gasteiger partial charge in [-0.25, -0.2) is 4.79 Å². The third-order valence-electron chi connectivity index (χ3n) is 10.3. The van der Waals surface area contributed by atoms with Gasteiger partial charge in [0.05, 0.1) is 27.4 Å². The van der Waals surface area contributed by atoms with Crippen molar-refractivity contribution < 1.29 is 57.1 Å². The van der Waals surface area contributed by atoms with Crippen LogP contribution in [-0.4, -0.2) is 82.0 Å². The molecule has 1 heterocycles. The molecule has 0 radical (unpaired) electrons. The first kappa shape index (κ1) is 33.0. The largest absolute Gasteiger partial charge is 0.493 e. The Labute approximate surface area is 263 Å². The van der Waals surface area contributed by atoms with Crippen molar-refractivity contribution in [3.05, 3.63) is 23.3 Å². The fraction of sp³-hybridized carbons (Fsp3) is 0.697. The van der Waals surface area contributed by atoms with Crippen LogP contribution in [0.3, 0.4) is 0 Å². The van der Waals surface area contributed by atoms with Crippen molar-refractivity contribution in [1.82, 2.24) is 0 Å². The lowest BCUT2D eigenvalue weighted by Gasteiger charge is -2.51. The van der Waals surface area contributed by atoms with E-state index in [9.17, 15) is 19.2 Å². The van der Waals surface area contributed by atoms with E-state index in [4.69, 9.17) is 37.9 Å². The van der Waals surface area contributed by atoms with Gasteiger partial charge in [-0.3, -0.25) is 14.4 Å². The van der Waals surface area contributed by atoms with Crippen molar-refractivity contribution in [3.8, 4) is 11.5 Å². The summed E-state index contributed by atoms with van der Waals surface area (Å²) in [4.78, 5) is 49.4. The van der Waals surface area contributed by atoms with E-state index in [-0.39, 0.29) is 11.5 Å². The SMILES string of the molecule is COC(=O)[C@H]1O[C@H](O[C@H]2CC[C@H]3[C@@H]4CCc5cc(OC)c(OC)cc5[C@H]4CC[C@]23C)[C@H](OC(C)=O)[C@@H](OC(C)=O)[C@@H]1OC(C)=O. The zero-order chi connectivity index (χ0) is 32.6. The monoisotopic (exact) mass is 632 g/mol. The van der Waals surface area contributed by atoms with E-state index in [2.05, 4.69) is 19.1 Å². The highest BCUT2D eigenvalue weighted by atomic mass is 16.7. The minimum atomic E-state index is -1.48. The lowest BCUT2D eigenvalue weighted by atomic mass is 9.55. The van der Waals surface area contributed by atoms with E-state index in [0.717, 1.165) is 56.9 Å². The third kappa shape index (κ3) is 6.23. The van der Waals surface area contributed by atoms with Gasteiger partial charge < -0.3 is 37.9 Å². The van der Waals surface area contributed by atoms with Crippen molar-refractivity contribution in [2.45, 2.75) is 109 Å². The van der Waals surface area contributed by atoms with Gasteiger partial charge >= 0.3 is 23.9 Å². The highest BCUT2D eigenvalue weighted by Gasteiger charge is 2.60. The third-order valence-corrected chi connectivity index (χ3v) is 10.3. The van der Waals surface area contributed by atoms with Gasteiger partial charge in [0.15, 0.2) is 42.2 Å². The number of aryl methyl sites for hydroxylation is 1. The molecule has 0 aromatic heterocycles. The molecular weight excluding hydrogens is 588 g/mol. The second-order valence-corrected chi connectivity index (χ2v) is 12.7. The molecule has 12 nitrogen and oxygen atoms in total. The van der Waals surface area contributed by atoms with Crippen molar-refractivity contribution >= 4 is 23.9 Å². The second-order valence-electron chi connectivity index (χ2n) is 12.7. The molecule has 2 saturated carbocycles. The maximum atomic E-state index is 12.9. The molecule has 3 aliphatic carbocycles. The fourth-order valence-corrected chi connectivity index (χ4v) is 8.42. The van der Waals surface area contributed by atoms with Crippen LogP contribution in [0.5, 0.6) is 11.5 Å². The molecule has 0 unspecified atom stereocenters. The highest BCUT2D eigenvalue weighted by Crippen LogP contribution is 2.62. The topological polar surface area (TPSA) is 142 Å². The number of hydrogen-bond acceptors (Lipinski definition) is 12. The van der Waals surface area contributed by atoms with Crippen LogP contribution in [0.4, 0.5) is 0 Å². The predicted molar refractivity (Wildman–Crippen MR) is 156 cm³/mol. The first-order valence-corrected chi connectivity index (χ1v) is 15.6. The Morgan fingerprint density at radius 2 is 1.42 bits per heavy atom. The summed E-state index contributed by atoms with van der Waals surface area (Å²) in [7, 11) is 4.48. The van der Waals surface area contributed by atoms with Gasteiger partial charge in [-0.05, 0) is 85.0 Å². The molecule has 0 spiro atoms. The van der Waals surface area contributed by atoms with Crippen LogP contribution >= 0.6 is 0 Å². The van der Waals surface area contributed by atoms with Crippen molar-refractivity contribution in [2.75, 3.05) is 21.3 Å². The summed E-state index contributed by atoms with van der Waals surface area (Å²) in [5, 5.41) is 0. The molecule has 0 bridgehead atoms. The summed E-state index contributed by atoms with van der Waals surface area (Å²) < 4.78 is 45.4. The smallest absolute Gasteiger partial charge is 0.339 e. The van der Waals surface area contributed by atoms with Gasteiger partial charge in [0, 0.05) is 20.8 Å². The summed E-state index contributed by atoms with van der Waals surface area (Å²) in [6.07, 6.45) is -1.72. The number of carbonyl (C=O) groups excluding carboxylic acids is 4. The molecule has 0 N–H and O–H groups in total. The molecule has 0 amide bonds. The highest BCUT2D eigenvalue weighted by molar-refractivity contribution is 5.77. The van der Waals surface area contributed by atoms with Gasteiger partial charge in [-0.2, -0.15) is 0 Å². The summed E-state index contributed by atoms with van der Waals surface area (Å²) in [6, 6.07) is 4.24. The zero-order valence-electron chi connectivity index (χ0n) is 27.0. The lowest BCUT2D eigenvalue weighted by Crippen LogP contribution is -2.64. The van der Waals surface area contributed by atoms with E-state index in [1.54, 1.807) is 14.2 Å². The molecule has 1 saturated heterocycles. The van der Waals surface area contributed by atoms with Crippen LogP contribution in [0.25, 0.3) is 0 Å². The number of rotatable bonds is 8. The molecule has 1 aromatic rings. The molecule has 12 heteroatoms. The Morgan fingerprint density at radius 3 is 2.04 bits per heavy atom. The molecule has 10 atom stereocenters. The molecule has 4 aliphatic rings. The number of methoxy groups -OCH3 is 3. The lowest BCUT2D eigenvalue weighted by molar-refractivity contribution is -0.317. The van der Waals surface area contributed by atoms with Crippen LogP contribution in [0.2, 0.25) is 0 Å². The second kappa shape index (κ2) is 13.2. The Kier molecular flexibility index (Phi) is 9.65. The van der Waals surface area contributed by atoms with Crippen LogP contribution in [0.15, 0.2) is 12.1 Å². The van der Waals surface area contributed by atoms with Gasteiger partial charge in [-0.1, -0.05) is 6.92 Å². The summed E-state index contributed by atoms with van der Waals surface area (Å²) in [5.74, 6) is -0.358. The number of hydrogen-bond donors (Lipinski definition) is 0.